The van der Waals surface area contributed by atoms with Crippen LogP contribution < -0.4 is 5.32 Å². The second kappa shape index (κ2) is 7.97. The van der Waals surface area contributed by atoms with E-state index in [4.69, 9.17) is 16.3 Å². The van der Waals surface area contributed by atoms with Crippen molar-refractivity contribution < 1.29 is 18.7 Å². The number of halogens is 2. The van der Waals surface area contributed by atoms with Crippen LogP contribution in [0.5, 0.6) is 0 Å². The highest BCUT2D eigenvalue weighted by Gasteiger charge is 2.43. The summed E-state index contributed by atoms with van der Waals surface area (Å²) < 4.78 is 18.8. The molecule has 1 aliphatic rings. The van der Waals surface area contributed by atoms with Crippen LogP contribution in [0.15, 0.2) is 18.2 Å². The van der Waals surface area contributed by atoms with Gasteiger partial charge in [0.15, 0.2) is 0 Å². The predicted molar refractivity (Wildman–Crippen MR) is 90.3 cm³/mol. The number of hydrogen-bond acceptors (Lipinski definition) is 3. The molecule has 0 aromatic heterocycles. The molecule has 0 bridgehead atoms. The van der Waals surface area contributed by atoms with Crippen molar-refractivity contribution in [1.29, 1.82) is 0 Å². The van der Waals surface area contributed by atoms with Crippen molar-refractivity contribution in [3.63, 3.8) is 0 Å². The van der Waals surface area contributed by atoms with Gasteiger partial charge in [0.2, 0.25) is 5.91 Å². The quantitative estimate of drug-likeness (QED) is 0.820. The highest BCUT2D eigenvalue weighted by molar-refractivity contribution is 6.31. The minimum absolute atomic E-state index is 0.0127. The van der Waals surface area contributed by atoms with Gasteiger partial charge in [0.25, 0.3) is 0 Å². The normalized spacial score (nSPS) is 17.8. The van der Waals surface area contributed by atoms with E-state index in [1.54, 1.807) is 6.92 Å². The van der Waals surface area contributed by atoms with Crippen LogP contribution in [0.3, 0.4) is 0 Å². The minimum atomic E-state index is -1.11. The number of carbonyl (C=O) groups is 2. The van der Waals surface area contributed by atoms with Gasteiger partial charge in [-0.05, 0) is 37.8 Å². The molecular weight excluding hydrogens is 333 g/mol. The summed E-state index contributed by atoms with van der Waals surface area (Å²) in [5.41, 5.74) is -0.975. The molecule has 0 aliphatic heterocycles. The topological polar surface area (TPSA) is 55.4 Å². The van der Waals surface area contributed by atoms with E-state index in [0.29, 0.717) is 0 Å². The van der Waals surface area contributed by atoms with Crippen LogP contribution in [0.4, 0.5) is 4.39 Å². The third-order valence-corrected chi connectivity index (χ3v) is 5.18. The summed E-state index contributed by atoms with van der Waals surface area (Å²) in [7, 11) is 1.31. The lowest BCUT2D eigenvalue weighted by atomic mass is 9.75. The van der Waals surface area contributed by atoms with E-state index in [0.717, 1.165) is 32.1 Å². The largest absolute Gasteiger partial charge is 0.467 e. The Labute approximate surface area is 146 Å². The van der Waals surface area contributed by atoms with Gasteiger partial charge in [-0.1, -0.05) is 36.9 Å². The van der Waals surface area contributed by atoms with Gasteiger partial charge in [-0.25, -0.2) is 9.18 Å². The van der Waals surface area contributed by atoms with Gasteiger partial charge in [-0.2, -0.15) is 0 Å². The van der Waals surface area contributed by atoms with Crippen molar-refractivity contribution in [3.05, 3.63) is 34.6 Å². The average molecular weight is 356 g/mol. The Bertz CT molecular complexity index is 596. The number of benzene rings is 1. The third-order valence-electron chi connectivity index (χ3n) is 4.83. The van der Waals surface area contributed by atoms with E-state index in [1.165, 1.54) is 25.3 Å². The first-order valence-electron chi connectivity index (χ1n) is 8.20. The van der Waals surface area contributed by atoms with Crippen molar-refractivity contribution in [2.24, 2.45) is 5.92 Å². The molecule has 0 radical (unpaired) electrons. The van der Waals surface area contributed by atoms with Crippen molar-refractivity contribution in [3.8, 4) is 0 Å². The van der Waals surface area contributed by atoms with Crippen LogP contribution in [0, 0.1) is 11.7 Å². The number of ether oxygens (including phenoxy) is 1. The molecule has 6 heteroatoms. The van der Waals surface area contributed by atoms with Crippen LogP contribution in [0.25, 0.3) is 0 Å². The molecule has 1 fully saturated rings. The maximum Gasteiger partial charge on any atom is 0.331 e. The molecule has 0 heterocycles. The SMILES string of the molecule is COC(=O)[C@](C)(NC(=O)Cc1c(F)cccc1Cl)C1CCCCC1. The molecule has 1 saturated carbocycles. The molecule has 0 spiro atoms. The summed E-state index contributed by atoms with van der Waals surface area (Å²) in [6.07, 6.45) is 4.66. The second-order valence-electron chi connectivity index (χ2n) is 6.45. The molecule has 0 saturated heterocycles. The van der Waals surface area contributed by atoms with Crippen LogP contribution in [-0.2, 0) is 20.7 Å². The molecule has 2 rings (SSSR count). The van der Waals surface area contributed by atoms with E-state index < -0.39 is 23.2 Å². The monoisotopic (exact) mass is 355 g/mol. The molecule has 1 aromatic rings. The van der Waals surface area contributed by atoms with Crippen molar-refractivity contribution in [1.82, 2.24) is 5.32 Å². The Morgan fingerprint density at radius 2 is 2.00 bits per heavy atom. The number of carbonyl (C=O) groups excluding carboxylic acids is 2. The van der Waals surface area contributed by atoms with Gasteiger partial charge in [-0.3, -0.25) is 4.79 Å². The maximum absolute atomic E-state index is 13.9. The summed E-state index contributed by atoms with van der Waals surface area (Å²) in [4.78, 5) is 24.8. The van der Waals surface area contributed by atoms with Crippen molar-refractivity contribution in [2.45, 2.75) is 51.0 Å². The average Bonchev–Trinajstić information content (AvgIpc) is 2.58. The Morgan fingerprint density at radius 3 is 2.58 bits per heavy atom. The first-order valence-corrected chi connectivity index (χ1v) is 8.58. The van der Waals surface area contributed by atoms with Gasteiger partial charge in [0.05, 0.1) is 13.5 Å². The summed E-state index contributed by atoms with van der Waals surface area (Å²) in [5, 5.41) is 2.97. The number of esters is 1. The number of rotatable bonds is 5. The maximum atomic E-state index is 13.9. The Hall–Kier alpha value is -1.62. The van der Waals surface area contributed by atoms with Gasteiger partial charge in [0.1, 0.15) is 11.4 Å². The molecule has 4 nitrogen and oxygen atoms in total. The molecular formula is C18H23ClFNO3. The highest BCUT2D eigenvalue weighted by atomic mass is 35.5. The van der Waals surface area contributed by atoms with E-state index in [-0.39, 0.29) is 22.9 Å². The number of nitrogens with one attached hydrogen (secondary N) is 1. The molecule has 24 heavy (non-hydrogen) atoms. The van der Waals surface area contributed by atoms with Gasteiger partial charge in [-0.15, -0.1) is 0 Å². The zero-order valence-corrected chi connectivity index (χ0v) is 14.8. The lowest BCUT2D eigenvalue weighted by Crippen LogP contribution is -2.58. The second-order valence-corrected chi connectivity index (χ2v) is 6.86. The van der Waals surface area contributed by atoms with Crippen LogP contribution >= 0.6 is 11.6 Å². The lowest BCUT2D eigenvalue weighted by molar-refractivity contribution is -0.153. The molecule has 1 N–H and O–H groups in total. The molecule has 132 valence electrons. The minimum Gasteiger partial charge on any atom is -0.467 e. The molecule has 1 amide bonds. The smallest absolute Gasteiger partial charge is 0.331 e. The summed E-state index contributed by atoms with van der Waals surface area (Å²) in [6, 6.07) is 4.28. The fourth-order valence-electron chi connectivity index (χ4n) is 3.41. The van der Waals surface area contributed by atoms with E-state index in [2.05, 4.69) is 5.32 Å². The predicted octanol–water partition coefficient (Wildman–Crippen LogP) is 3.65. The standard InChI is InChI=1S/C18H23ClFNO3/c1-18(17(23)24-2,12-7-4-3-5-8-12)21-16(22)11-13-14(19)9-6-10-15(13)20/h6,9-10,12H,3-5,7-8,11H2,1-2H3,(H,21,22)/t18-/m1/s1. The molecule has 1 aromatic carbocycles. The van der Waals surface area contributed by atoms with E-state index >= 15 is 0 Å². The van der Waals surface area contributed by atoms with Gasteiger partial charge >= 0.3 is 5.97 Å². The zero-order chi connectivity index (χ0) is 17.7. The first-order chi connectivity index (χ1) is 11.4. The first kappa shape index (κ1) is 18.7. The molecule has 1 aliphatic carbocycles. The van der Waals surface area contributed by atoms with Crippen molar-refractivity contribution in [2.75, 3.05) is 7.11 Å². The lowest BCUT2D eigenvalue weighted by Gasteiger charge is -2.38. The molecule has 1 atom stereocenters. The fraction of sp³-hybridized carbons (Fsp3) is 0.556. The van der Waals surface area contributed by atoms with E-state index in [1.807, 2.05) is 0 Å². The Morgan fingerprint density at radius 1 is 1.33 bits per heavy atom. The molecule has 0 unspecified atom stereocenters. The number of hydrogen-bond donors (Lipinski definition) is 1. The summed E-state index contributed by atoms with van der Waals surface area (Å²) in [6.45, 7) is 1.69. The van der Waals surface area contributed by atoms with Gasteiger partial charge < -0.3 is 10.1 Å². The fourth-order valence-corrected chi connectivity index (χ4v) is 3.64. The zero-order valence-electron chi connectivity index (χ0n) is 14.0. The Balaban J connectivity index is 2.16. The Kier molecular flexibility index (Phi) is 6.21. The number of amides is 1. The van der Waals surface area contributed by atoms with Crippen LogP contribution in [-0.4, -0.2) is 24.5 Å². The number of methoxy groups -OCH3 is 1. The summed E-state index contributed by atoms with van der Waals surface area (Å²) >= 11 is 5.97. The van der Waals surface area contributed by atoms with Crippen LogP contribution in [0.1, 0.15) is 44.6 Å². The van der Waals surface area contributed by atoms with Crippen molar-refractivity contribution >= 4 is 23.5 Å². The van der Waals surface area contributed by atoms with Gasteiger partial charge in [0, 0.05) is 10.6 Å². The highest BCUT2D eigenvalue weighted by Crippen LogP contribution is 2.33. The van der Waals surface area contributed by atoms with Crippen LogP contribution in [0.2, 0.25) is 5.02 Å². The third kappa shape index (κ3) is 4.07. The van der Waals surface area contributed by atoms with E-state index in [9.17, 15) is 14.0 Å². The summed E-state index contributed by atoms with van der Waals surface area (Å²) in [5.74, 6) is -1.43.